The fraction of sp³-hybridized carbons (Fsp3) is 0.786. The average molecular weight is 265 g/mol. The van der Waals surface area contributed by atoms with Gasteiger partial charge in [-0.3, -0.25) is 4.90 Å². The van der Waals surface area contributed by atoms with Gasteiger partial charge in [0.05, 0.1) is 5.01 Å². The number of aromatic nitrogens is 1. The minimum atomic E-state index is 0.756. The second-order valence-corrected chi connectivity index (χ2v) is 6.95. The molecule has 2 aliphatic rings. The Kier molecular flexibility index (Phi) is 3.68. The third-order valence-electron chi connectivity index (χ3n) is 4.38. The molecule has 3 nitrogen and oxygen atoms in total. The number of nitrogens with one attached hydrogen (secondary N) is 1. The van der Waals surface area contributed by atoms with Gasteiger partial charge in [-0.25, -0.2) is 4.98 Å². The first-order valence-electron chi connectivity index (χ1n) is 7.16. The summed E-state index contributed by atoms with van der Waals surface area (Å²) in [6, 6.07) is 2.36. The van der Waals surface area contributed by atoms with E-state index in [-0.39, 0.29) is 0 Å². The van der Waals surface area contributed by atoms with Crippen molar-refractivity contribution in [1.82, 2.24) is 15.2 Å². The van der Waals surface area contributed by atoms with Crippen molar-refractivity contribution in [3.8, 4) is 0 Å². The van der Waals surface area contributed by atoms with E-state index in [1.54, 1.807) is 0 Å². The molecule has 0 aromatic carbocycles. The number of thiazole rings is 1. The lowest BCUT2D eigenvalue weighted by molar-refractivity contribution is 0.111. The van der Waals surface area contributed by atoms with Crippen LogP contribution in [-0.2, 0) is 6.54 Å². The number of rotatable bonds is 4. The van der Waals surface area contributed by atoms with Gasteiger partial charge in [-0.2, -0.15) is 0 Å². The van der Waals surface area contributed by atoms with Crippen molar-refractivity contribution in [2.24, 2.45) is 0 Å². The molecule has 0 spiro atoms. The van der Waals surface area contributed by atoms with Crippen LogP contribution in [0.1, 0.15) is 42.5 Å². The van der Waals surface area contributed by atoms with E-state index >= 15 is 0 Å². The zero-order valence-corrected chi connectivity index (χ0v) is 12.2. The van der Waals surface area contributed by atoms with Crippen molar-refractivity contribution in [2.75, 3.05) is 6.54 Å². The van der Waals surface area contributed by atoms with E-state index < -0.39 is 0 Å². The SMILES string of the molecule is CCNC1CC2CCC(C1)N2Cc1cnc(C)s1. The smallest absolute Gasteiger partial charge is 0.0897 e. The first kappa shape index (κ1) is 12.6. The Morgan fingerprint density at radius 2 is 2.11 bits per heavy atom. The largest absolute Gasteiger partial charge is 0.314 e. The third-order valence-corrected chi connectivity index (χ3v) is 5.28. The second kappa shape index (κ2) is 5.27. The second-order valence-electron chi connectivity index (χ2n) is 5.63. The highest BCUT2D eigenvalue weighted by Crippen LogP contribution is 2.37. The van der Waals surface area contributed by atoms with Crippen LogP contribution in [0.4, 0.5) is 0 Å². The van der Waals surface area contributed by atoms with Gasteiger partial charge >= 0.3 is 0 Å². The summed E-state index contributed by atoms with van der Waals surface area (Å²) in [5.74, 6) is 0. The molecule has 3 heterocycles. The number of hydrogen-bond donors (Lipinski definition) is 1. The zero-order chi connectivity index (χ0) is 12.5. The number of aryl methyl sites for hydroxylation is 1. The molecule has 2 bridgehead atoms. The lowest BCUT2D eigenvalue weighted by Gasteiger charge is -2.39. The molecule has 1 aromatic heterocycles. The maximum atomic E-state index is 4.38. The van der Waals surface area contributed by atoms with Gasteiger partial charge in [-0.05, 0) is 39.2 Å². The maximum absolute atomic E-state index is 4.38. The van der Waals surface area contributed by atoms with Gasteiger partial charge in [0.1, 0.15) is 0 Å². The maximum Gasteiger partial charge on any atom is 0.0897 e. The number of hydrogen-bond acceptors (Lipinski definition) is 4. The quantitative estimate of drug-likeness (QED) is 0.907. The average Bonchev–Trinajstić information content (AvgIpc) is 2.83. The minimum absolute atomic E-state index is 0.756. The first-order chi connectivity index (χ1) is 8.76. The molecule has 0 saturated carbocycles. The van der Waals surface area contributed by atoms with Gasteiger partial charge in [-0.1, -0.05) is 6.92 Å². The van der Waals surface area contributed by atoms with E-state index in [1.807, 2.05) is 11.3 Å². The van der Waals surface area contributed by atoms with Gasteiger partial charge in [0.2, 0.25) is 0 Å². The Balaban J connectivity index is 1.65. The van der Waals surface area contributed by atoms with Crippen LogP contribution < -0.4 is 5.32 Å². The fourth-order valence-corrected chi connectivity index (χ4v) is 4.45. The predicted molar refractivity (Wildman–Crippen MR) is 75.9 cm³/mol. The summed E-state index contributed by atoms with van der Waals surface area (Å²) in [6.07, 6.45) is 7.52. The van der Waals surface area contributed by atoms with Gasteiger partial charge in [-0.15, -0.1) is 11.3 Å². The highest BCUT2D eigenvalue weighted by Gasteiger charge is 2.40. The molecule has 2 aliphatic heterocycles. The summed E-state index contributed by atoms with van der Waals surface area (Å²) in [6.45, 7) is 6.55. The van der Waals surface area contributed by atoms with Crippen molar-refractivity contribution in [3.05, 3.63) is 16.1 Å². The molecule has 2 unspecified atom stereocenters. The van der Waals surface area contributed by atoms with E-state index in [0.717, 1.165) is 31.2 Å². The highest BCUT2D eigenvalue weighted by atomic mass is 32.1. The molecule has 18 heavy (non-hydrogen) atoms. The van der Waals surface area contributed by atoms with Crippen LogP contribution in [0, 0.1) is 6.92 Å². The van der Waals surface area contributed by atoms with Crippen LogP contribution in [0.5, 0.6) is 0 Å². The summed E-state index contributed by atoms with van der Waals surface area (Å²) in [4.78, 5) is 8.55. The van der Waals surface area contributed by atoms with Crippen LogP contribution in [0.25, 0.3) is 0 Å². The van der Waals surface area contributed by atoms with Crippen LogP contribution in [0.2, 0.25) is 0 Å². The topological polar surface area (TPSA) is 28.2 Å². The predicted octanol–water partition coefficient (Wildman–Crippen LogP) is 2.56. The van der Waals surface area contributed by atoms with Crippen molar-refractivity contribution in [1.29, 1.82) is 0 Å². The minimum Gasteiger partial charge on any atom is -0.314 e. The summed E-state index contributed by atoms with van der Waals surface area (Å²) >= 11 is 1.86. The Morgan fingerprint density at radius 1 is 1.39 bits per heavy atom. The molecular formula is C14H23N3S. The lowest BCUT2D eigenvalue weighted by Crippen LogP contribution is -2.48. The van der Waals surface area contributed by atoms with Crippen LogP contribution >= 0.6 is 11.3 Å². The van der Waals surface area contributed by atoms with Crippen LogP contribution in [0.15, 0.2) is 6.20 Å². The van der Waals surface area contributed by atoms with Gasteiger partial charge in [0, 0.05) is 35.7 Å². The highest BCUT2D eigenvalue weighted by molar-refractivity contribution is 7.11. The summed E-state index contributed by atoms with van der Waals surface area (Å²) in [5.41, 5.74) is 0. The van der Waals surface area contributed by atoms with E-state index in [9.17, 15) is 0 Å². The first-order valence-corrected chi connectivity index (χ1v) is 7.98. The molecular weight excluding hydrogens is 242 g/mol. The number of nitrogens with zero attached hydrogens (tertiary/aromatic N) is 2. The summed E-state index contributed by atoms with van der Waals surface area (Å²) < 4.78 is 0. The Hall–Kier alpha value is -0.450. The van der Waals surface area contributed by atoms with Crippen LogP contribution in [-0.4, -0.2) is 34.6 Å². The Labute approximate surface area is 114 Å². The molecule has 1 aromatic rings. The summed E-state index contributed by atoms with van der Waals surface area (Å²) in [7, 11) is 0. The van der Waals surface area contributed by atoms with Crippen LogP contribution in [0.3, 0.4) is 0 Å². The number of fused-ring (bicyclic) bond motifs is 2. The standard InChI is InChI=1S/C14H23N3S/c1-3-15-11-6-12-4-5-13(7-11)17(12)9-14-8-16-10(2)18-14/h8,11-13,15H,3-7,9H2,1-2H3. The molecule has 0 amide bonds. The van der Waals surface area contributed by atoms with Gasteiger partial charge < -0.3 is 5.32 Å². The van der Waals surface area contributed by atoms with Gasteiger partial charge in [0.25, 0.3) is 0 Å². The fourth-order valence-electron chi connectivity index (χ4n) is 3.65. The molecule has 100 valence electrons. The molecule has 0 aliphatic carbocycles. The number of piperidine rings is 1. The third kappa shape index (κ3) is 2.46. The van der Waals surface area contributed by atoms with Crippen molar-refractivity contribution in [3.63, 3.8) is 0 Å². The Bertz CT molecular complexity index is 389. The van der Waals surface area contributed by atoms with E-state index in [4.69, 9.17) is 0 Å². The normalized spacial score (nSPS) is 32.0. The molecule has 2 saturated heterocycles. The lowest BCUT2D eigenvalue weighted by atomic mass is 9.97. The van der Waals surface area contributed by atoms with Crippen molar-refractivity contribution >= 4 is 11.3 Å². The molecule has 2 fully saturated rings. The van der Waals surface area contributed by atoms with E-state index in [1.165, 1.54) is 35.6 Å². The zero-order valence-electron chi connectivity index (χ0n) is 11.4. The van der Waals surface area contributed by atoms with Gasteiger partial charge in [0.15, 0.2) is 0 Å². The van der Waals surface area contributed by atoms with E-state index in [0.29, 0.717) is 0 Å². The molecule has 1 N–H and O–H groups in total. The molecule has 0 radical (unpaired) electrons. The van der Waals surface area contributed by atoms with Crippen molar-refractivity contribution < 1.29 is 0 Å². The molecule has 3 rings (SSSR count). The molecule has 2 atom stereocenters. The Morgan fingerprint density at radius 3 is 2.67 bits per heavy atom. The molecule has 4 heteroatoms. The van der Waals surface area contributed by atoms with Crippen molar-refractivity contribution in [2.45, 2.75) is 64.2 Å². The summed E-state index contributed by atoms with van der Waals surface area (Å²) in [5, 5.41) is 4.83. The van der Waals surface area contributed by atoms with E-state index in [2.05, 4.69) is 35.2 Å². The monoisotopic (exact) mass is 265 g/mol.